The van der Waals surface area contributed by atoms with Crippen LogP contribution in [0, 0.1) is 5.82 Å². The van der Waals surface area contributed by atoms with Gasteiger partial charge in [-0.05, 0) is 42.5 Å². The van der Waals surface area contributed by atoms with Crippen LogP contribution in [0.2, 0.25) is 0 Å². The fourth-order valence-electron chi connectivity index (χ4n) is 2.97. The first-order valence-electron chi connectivity index (χ1n) is 9.44. The van der Waals surface area contributed by atoms with E-state index in [1.807, 2.05) is 48.5 Å². The number of halogens is 1. The highest BCUT2D eigenvalue weighted by Gasteiger charge is 2.22. The van der Waals surface area contributed by atoms with Crippen LogP contribution < -0.4 is 9.47 Å². The highest BCUT2D eigenvalue weighted by Crippen LogP contribution is 2.28. The van der Waals surface area contributed by atoms with Gasteiger partial charge in [-0.2, -0.15) is 0 Å². The topological polar surface area (TPSA) is 57.9 Å². The Labute approximate surface area is 172 Å². The third-order valence-electron chi connectivity index (χ3n) is 4.41. The molecule has 0 saturated carbocycles. The van der Waals surface area contributed by atoms with E-state index >= 15 is 0 Å². The van der Waals surface area contributed by atoms with Crippen molar-refractivity contribution in [3.63, 3.8) is 0 Å². The molecule has 4 rings (SSSR count). The first kappa shape index (κ1) is 19.5. The second kappa shape index (κ2) is 9.13. The van der Waals surface area contributed by atoms with Crippen LogP contribution in [-0.2, 0) is 11.3 Å². The van der Waals surface area contributed by atoms with Gasteiger partial charge in [0, 0.05) is 5.39 Å². The molecule has 0 amide bonds. The summed E-state index contributed by atoms with van der Waals surface area (Å²) in [6, 6.07) is 22.3. The van der Waals surface area contributed by atoms with Crippen molar-refractivity contribution in [2.24, 2.45) is 0 Å². The van der Waals surface area contributed by atoms with Gasteiger partial charge in [-0.3, -0.25) is 0 Å². The van der Waals surface area contributed by atoms with E-state index in [2.05, 4.69) is 0 Å². The van der Waals surface area contributed by atoms with E-state index in [0.29, 0.717) is 22.6 Å². The summed E-state index contributed by atoms with van der Waals surface area (Å²) in [5.74, 6) is 0.348. The maximum absolute atomic E-state index is 12.9. The Morgan fingerprint density at radius 1 is 0.800 bits per heavy atom. The maximum Gasteiger partial charge on any atom is 0.374 e. The predicted octanol–water partition coefficient (Wildman–Crippen LogP) is 5.39. The zero-order chi connectivity index (χ0) is 20.8. The normalized spacial score (nSPS) is 10.7. The summed E-state index contributed by atoms with van der Waals surface area (Å²) in [6.07, 6.45) is 0. The third kappa shape index (κ3) is 4.60. The van der Waals surface area contributed by atoms with Crippen molar-refractivity contribution >= 4 is 16.9 Å². The van der Waals surface area contributed by atoms with E-state index in [-0.39, 0.29) is 31.4 Å². The van der Waals surface area contributed by atoms with Crippen molar-refractivity contribution in [3.05, 3.63) is 96.0 Å². The molecule has 152 valence electrons. The Kier molecular flexibility index (Phi) is 5.94. The van der Waals surface area contributed by atoms with Crippen LogP contribution in [-0.4, -0.2) is 19.2 Å². The molecule has 5 nitrogen and oxygen atoms in total. The van der Waals surface area contributed by atoms with E-state index in [9.17, 15) is 9.18 Å². The second-order valence-corrected chi connectivity index (χ2v) is 6.45. The van der Waals surface area contributed by atoms with Gasteiger partial charge in [0.1, 0.15) is 42.7 Å². The van der Waals surface area contributed by atoms with Crippen molar-refractivity contribution in [1.82, 2.24) is 0 Å². The van der Waals surface area contributed by atoms with Gasteiger partial charge >= 0.3 is 5.97 Å². The summed E-state index contributed by atoms with van der Waals surface area (Å²) in [6.45, 7) is 0.317. The lowest BCUT2D eigenvalue weighted by atomic mass is 10.1. The minimum absolute atomic E-state index is 0.0201. The number of fused-ring (bicyclic) bond motifs is 1. The molecule has 30 heavy (non-hydrogen) atoms. The summed E-state index contributed by atoms with van der Waals surface area (Å²) in [4.78, 5) is 12.6. The van der Waals surface area contributed by atoms with Gasteiger partial charge in [0.25, 0.3) is 0 Å². The van der Waals surface area contributed by atoms with E-state index in [4.69, 9.17) is 18.6 Å². The van der Waals surface area contributed by atoms with Gasteiger partial charge in [0.05, 0.1) is 5.56 Å². The van der Waals surface area contributed by atoms with E-state index in [1.54, 1.807) is 6.07 Å². The first-order valence-corrected chi connectivity index (χ1v) is 9.44. The summed E-state index contributed by atoms with van der Waals surface area (Å²) in [5.41, 5.74) is 1.21. The molecule has 0 atom stereocenters. The number of furan rings is 1. The molecule has 6 heteroatoms. The lowest BCUT2D eigenvalue weighted by Gasteiger charge is -2.08. The van der Waals surface area contributed by atoms with Gasteiger partial charge < -0.3 is 18.6 Å². The van der Waals surface area contributed by atoms with Crippen LogP contribution in [0.25, 0.3) is 11.0 Å². The van der Waals surface area contributed by atoms with Crippen molar-refractivity contribution < 1.29 is 27.8 Å². The Balaban J connectivity index is 1.42. The fourth-order valence-corrected chi connectivity index (χ4v) is 2.97. The van der Waals surface area contributed by atoms with Gasteiger partial charge in [0.15, 0.2) is 0 Å². The monoisotopic (exact) mass is 406 g/mol. The molecular formula is C24H19FO5. The molecule has 0 aliphatic heterocycles. The summed E-state index contributed by atoms with van der Waals surface area (Å²) in [7, 11) is 0. The lowest BCUT2D eigenvalue weighted by molar-refractivity contribution is 0.0414. The summed E-state index contributed by atoms with van der Waals surface area (Å²) < 4.78 is 35.2. The molecule has 0 bridgehead atoms. The molecule has 4 aromatic rings. The number of hydrogen-bond acceptors (Lipinski definition) is 5. The van der Waals surface area contributed by atoms with E-state index in [1.165, 1.54) is 24.3 Å². The molecule has 3 aromatic carbocycles. The van der Waals surface area contributed by atoms with E-state index in [0.717, 1.165) is 5.39 Å². The van der Waals surface area contributed by atoms with Crippen molar-refractivity contribution in [3.8, 4) is 11.5 Å². The molecule has 0 spiro atoms. The minimum Gasteiger partial charge on any atom is -0.490 e. The molecule has 1 aromatic heterocycles. The first-order chi connectivity index (χ1) is 14.7. The number of ether oxygens (including phenoxy) is 3. The molecular weight excluding hydrogens is 387 g/mol. The second-order valence-electron chi connectivity index (χ2n) is 6.45. The number of hydrogen-bond donors (Lipinski definition) is 0. The van der Waals surface area contributed by atoms with Crippen molar-refractivity contribution in [1.29, 1.82) is 0 Å². The zero-order valence-corrected chi connectivity index (χ0v) is 16.0. The standard InChI is InChI=1S/C24H19FO5/c25-17-10-12-19(13-11-17)27-14-15-28-24(26)23-21(16-29-18-6-2-1-3-7-18)20-8-4-5-9-22(20)30-23/h1-13H,14-16H2. The highest BCUT2D eigenvalue weighted by molar-refractivity contribution is 5.96. The molecule has 0 N–H and O–H groups in total. The Morgan fingerprint density at radius 3 is 2.30 bits per heavy atom. The van der Waals surface area contributed by atoms with E-state index < -0.39 is 5.97 Å². The van der Waals surface area contributed by atoms with Crippen molar-refractivity contribution in [2.45, 2.75) is 6.61 Å². The van der Waals surface area contributed by atoms with Crippen LogP contribution in [0.3, 0.4) is 0 Å². The Hall–Kier alpha value is -3.80. The number of carbonyl (C=O) groups is 1. The third-order valence-corrected chi connectivity index (χ3v) is 4.41. The molecule has 0 aliphatic rings. The van der Waals surface area contributed by atoms with Gasteiger partial charge in [0.2, 0.25) is 5.76 Å². The molecule has 0 aliphatic carbocycles. The maximum atomic E-state index is 12.9. The van der Waals surface area contributed by atoms with Crippen LogP contribution >= 0.6 is 0 Å². The SMILES string of the molecule is O=C(OCCOc1ccc(F)cc1)c1oc2ccccc2c1COc1ccccc1. The highest BCUT2D eigenvalue weighted by atomic mass is 19.1. The van der Waals surface area contributed by atoms with Gasteiger partial charge in [-0.25, -0.2) is 9.18 Å². The summed E-state index contributed by atoms with van der Waals surface area (Å²) in [5, 5.41) is 0.794. The molecule has 0 saturated heterocycles. The smallest absolute Gasteiger partial charge is 0.374 e. The van der Waals surface area contributed by atoms with Crippen molar-refractivity contribution in [2.75, 3.05) is 13.2 Å². The average Bonchev–Trinajstić information content (AvgIpc) is 3.16. The lowest BCUT2D eigenvalue weighted by Crippen LogP contribution is -2.13. The van der Waals surface area contributed by atoms with Gasteiger partial charge in [-0.15, -0.1) is 0 Å². The van der Waals surface area contributed by atoms with Crippen LogP contribution in [0.1, 0.15) is 16.1 Å². The molecule has 0 radical (unpaired) electrons. The number of rotatable bonds is 8. The summed E-state index contributed by atoms with van der Waals surface area (Å²) >= 11 is 0. The Morgan fingerprint density at radius 2 is 1.50 bits per heavy atom. The quantitative estimate of drug-likeness (QED) is 0.290. The number of para-hydroxylation sites is 2. The van der Waals surface area contributed by atoms with Gasteiger partial charge in [-0.1, -0.05) is 36.4 Å². The average molecular weight is 406 g/mol. The zero-order valence-electron chi connectivity index (χ0n) is 16.0. The minimum atomic E-state index is -0.597. The van der Waals surface area contributed by atoms with Crippen LogP contribution in [0.15, 0.2) is 83.3 Å². The fraction of sp³-hybridized carbons (Fsp3) is 0.125. The molecule has 0 unspecified atom stereocenters. The molecule has 0 fully saturated rings. The number of benzene rings is 3. The Bertz CT molecular complexity index is 1120. The predicted molar refractivity (Wildman–Crippen MR) is 109 cm³/mol. The number of carbonyl (C=O) groups excluding carboxylic acids is 1. The van der Waals surface area contributed by atoms with Crippen LogP contribution in [0.4, 0.5) is 4.39 Å². The largest absolute Gasteiger partial charge is 0.490 e. The number of esters is 1. The molecule has 1 heterocycles. The van der Waals surface area contributed by atoms with Crippen LogP contribution in [0.5, 0.6) is 11.5 Å².